The van der Waals surface area contributed by atoms with E-state index in [1.54, 1.807) is 6.33 Å². The van der Waals surface area contributed by atoms with Crippen molar-refractivity contribution < 1.29 is 14.2 Å². The summed E-state index contributed by atoms with van der Waals surface area (Å²) in [4.78, 5) is 11.7. The van der Waals surface area contributed by atoms with Crippen molar-refractivity contribution in [2.45, 2.75) is 56.9 Å². The molecule has 3 heterocycles. The normalized spacial score (nSPS) is 26.3. The van der Waals surface area contributed by atoms with Gasteiger partial charge in [-0.25, -0.2) is 9.97 Å². The third kappa shape index (κ3) is 4.75. The highest BCUT2D eigenvalue weighted by Crippen LogP contribution is 2.28. The van der Waals surface area contributed by atoms with E-state index in [0.29, 0.717) is 25.3 Å². The molecule has 3 aliphatic rings. The van der Waals surface area contributed by atoms with E-state index in [2.05, 4.69) is 38.4 Å². The van der Waals surface area contributed by atoms with Gasteiger partial charge in [0.2, 0.25) is 0 Å². The van der Waals surface area contributed by atoms with E-state index in [9.17, 15) is 0 Å². The molecule has 1 saturated carbocycles. The van der Waals surface area contributed by atoms with E-state index in [-0.39, 0.29) is 6.29 Å². The molecule has 0 atom stereocenters. The van der Waals surface area contributed by atoms with Gasteiger partial charge in [-0.15, -0.1) is 0 Å². The summed E-state index contributed by atoms with van der Waals surface area (Å²) in [5, 5.41) is 4.84. The number of morpholine rings is 1. The molecule has 2 aromatic rings. The Kier molecular flexibility index (Phi) is 6.41. The number of aromatic nitrogens is 2. The van der Waals surface area contributed by atoms with E-state index < -0.39 is 0 Å². The van der Waals surface area contributed by atoms with Crippen LogP contribution in [0.5, 0.6) is 0 Å². The number of nitrogens with zero attached hydrogens (tertiary/aromatic N) is 3. The molecule has 1 aliphatic carbocycles. The fourth-order valence-electron chi connectivity index (χ4n) is 4.95. The zero-order chi connectivity index (χ0) is 20.2. The number of benzene rings is 1. The minimum absolute atomic E-state index is 0.0630. The Morgan fingerprint density at radius 1 is 0.967 bits per heavy atom. The smallest absolute Gasteiger partial charge is 0.158 e. The maximum Gasteiger partial charge on any atom is 0.158 e. The fourth-order valence-corrected chi connectivity index (χ4v) is 4.95. The van der Waals surface area contributed by atoms with Gasteiger partial charge < -0.3 is 19.5 Å². The van der Waals surface area contributed by atoms with Gasteiger partial charge in [-0.3, -0.25) is 4.90 Å². The molecule has 30 heavy (non-hydrogen) atoms. The molecule has 0 amide bonds. The highest BCUT2D eigenvalue weighted by atomic mass is 16.7. The second-order valence-corrected chi connectivity index (χ2v) is 8.58. The molecular formula is C23H32N4O3. The SMILES string of the molecule is c1nc(N[C@H]2CC[C@H](N3CCOCC3)CC2)c2cc(CCC3OCCO3)ccc2n1. The summed E-state index contributed by atoms with van der Waals surface area (Å²) in [5.41, 5.74) is 2.27. The summed E-state index contributed by atoms with van der Waals surface area (Å²) in [6, 6.07) is 7.67. The van der Waals surface area contributed by atoms with Crippen molar-refractivity contribution in [3.8, 4) is 0 Å². The summed E-state index contributed by atoms with van der Waals surface area (Å²) in [7, 11) is 0. The molecule has 3 fully saturated rings. The zero-order valence-electron chi connectivity index (χ0n) is 17.6. The van der Waals surface area contributed by atoms with Gasteiger partial charge in [0.1, 0.15) is 12.1 Å². The average molecular weight is 413 g/mol. The van der Waals surface area contributed by atoms with Gasteiger partial charge in [0, 0.05) is 37.0 Å². The van der Waals surface area contributed by atoms with Crippen LogP contribution in [-0.2, 0) is 20.6 Å². The van der Waals surface area contributed by atoms with Gasteiger partial charge >= 0.3 is 0 Å². The van der Waals surface area contributed by atoms with E-state index in [1.165, 1.54) is 31.2 Å². The standard InChI is InChI=1S/C23H32N4O3/c1-7-21-20(15-17(1)2-8-22-29-13-14-30-22)23(25-16-24-21)26-18-3-5-19(6-4-18)27-9-11-28-12-10-27/h1,7,15-16,18-19,22H,2-6,8-14H2,(H,24,25,26)/t18-,19-. The van der Waals surface area contributed by atoms with Crippen LogP contribution in [0.3, 0.4) is 0 Å². The maximum absolute atomic E-state index is 5.57. The fraction of sp³-hybridized carbons (Fsp3) is 0.652. The highest BCUT2D eigenvalue weighted by molar-refractivity contribution is 5.89. The number of rotatable bonds is 6. The number of fused-ring (bicyclic) bond motifs is 1. The van der Waals surface area contributed by atoms with Crippen LogP contribution in [0.25, 0.3) is 10.9 Å². The van der Waals surface area contributed by atoms with Crippen molar-refractivity contribution in [3.63, 3.8) is 0 Å². The number of hydrogen-bond donors (Lipinski definition) is 1. The summed E-state index contributed by atoms with van der Waals surface area (Å²) >= 11 is 0. The van der Waals surface area contributed by atoms with Crippen LogP contribution in [0.1, 0.15) is 37.7 Å². The topological polar surface area (TPSA) is 68.7 Å². The number of anilines is 1. The summed E-state index contributed by atoms with van der Waals surface area (Å²) in [5.74, 6) is 0.963. The number of hydrogen-bond acceptors (Lipinski definition) is 7. The third-order valence-corrected chi connectivity index (χ3v) is 6.66. The molecule has 0 radical (unpaired) electrons. The lowest BCUT2D eigenvalue weighted by Gasteiger charge is -2.39. The molecule has 2 saturated heterocycles. The van der Waals surface area contributed by atoms with Crippen LogP contribution in [0.2, 0.25) is 0 Å². The van der Waals surface area contributed by atoms with Crippen LogP contribution in [0, 0.1) is 0 Å². The molecule has 2 aliphatic heterocycles. The van der Waals surface area contributed by atoms with Gasteiger partial charge in [-0.2, -0.15) is 0 Å². The third-order valence-electron chi connectivity index (χ3n) is 6.66. The molecule has 7 nitrogen and oxygen atoms in total. The second kappa shape index (κ2) is 9.56. The molecule has 5 rings (SSSR count). The van der Waals surface area contributed by atoms with Gasteiger partial charge in [0.15, 0.2) is 6.29 Å². The zero-order valence-corrected chi connectivity index (χ0v) is 17.6. The molecule has 7 heteroatoms. The molecule has 1 aromatic carbocycles. The van der Waals surface area contributed by atoms with Crippen LogP contribution in [0.4, 0.5) is 5.82 Å². The van der Waals surface area contributed by atoms with E-state index in [1.807, 2.05) is 0 Å². The Bertz CT molecular complexity index is 828. The summed E-state index contributed by atoms with van der Waals surface area (Å²) in [6.45, 7) is 5.34. The summed E-state index contributed by atoms with van der Waals surface area (Å²) in [6.07, 6.45) is 8.28. The van der Waals surface area contributed by atoms with Gasteiger partial charge in [0.25, 0.3) is 0 Å². The van der Waals surface area contributed by atoms with Crippen molar-refractivity contribution in [2.24, 2.45) is 0 Å². The largest absolute Gasteiger partial charge is 0.379 e. The molecule has 0 spiro atoms. The van der Waals surface area contributed by atoms with Crippen LogP contribution in [0.15, 0.2) is 24.5 Å². The van der Waals surface area contributed by atoms with Gasteiger partial charge in [-0.1, -0.05) is 6.07 Å². The maximum atomic E-state index is 5.57. The second-order valence-electron chi connectivity index (χ2n) is 8.58. The summed E-state index contributed by atoms with van der Waals surface area (Å²) < 4.78 is 16.6. The van der Waals surface area contributed by atoms with Crippen molar-refractivity contribution >= 4 is 16.7 Å². The molecule has 1 N–H and O–H groups in total. The minimum Gasteiger partial charge on any atom is -0.379 e. The van der Waals surface area contributed by atoms with Crippen molar-refractivity contribution in [1.82, 2.24) is 14.9 Å². The van der Waals surface area contributed by atoms with Crippen LogP contribution >= 0.6 is 0 Å². The van der Waals surface area contributed by atoms with Crippen LogP contribution < -0.4 is 5.32 Å². The Balaban J connectivity index is 1.22. The molecule has 1 aromatic heterocycles. The first kappa shape index (κ1) is 20.1. The Hall–Kier alpha value is -1.80. The van der Waals surface area contributed by atoms with Gasteiger partial charge in [-0.05, 0) is 49.8 Å². The lowest BCUT2D eigenvalue weighted by atomic mass is 9.90. The van der Waals surface area contributed by atoms with Crippen molar-refractivity contribution in [2.75, 3.05) is 44.8 Å². The highest BCUT2D eigenvalue weighted by Gasteiger charge is 2.27. The number of ether oxygens (including phenoxy) is 3. The predicted molar refractivity (Wildman–Crippen MR) is 116 cm³/mol. The Labute approximate surface area is 178 Å². The van der Waals surface area contributed by atoms with Crippen LogP contribution in [-0.4, -0.2) is 72.8 Å². The first-order chi connectivity index (χ1) is 14.8. The van der Waals surface area contributed by atoms with Crippen molar-refractivity contribution in [3.05, 3.63) is 30.1 Å². The predicted octanol–water partition coefficient (Wildman–Crippen LogP) is 2.99. The van der Waals surface area contributed by atoms with E-state index in [0.717, 1.165) is 55.9 Å². The number of nitrogens with one attached hydrogen (secondary N) is 1. The van der Waals surface area contributed by atoms with E-state index >= 15 is 0 Å². The first-order valence-corrected chi connectivity index (χ1v) is 11.4. The molecule has 0 bridgehead atoms. The minimum atomic E-state index is -0.0630. The average Bonchev–Trinajstić information content (AvgIpc) is 3.33. The Morgan fingerprint density at radius 3 is 2.57 bits per heavy atom. The van der Waals surface area contributed by atoms with Gasteiger partial charge in [0.05, 0.1) is 31.9 Å². The number of aryl methyl sites for hydroxylation is 1. The quantitative estimate of drug-likeness (QED) is 0.782. The lowest BCUT2D eigenvalue weighted by molar-refractivity contribution is -0.0461. The first-order valence-electron chi connectivity index (χ1n) is 11.4. The Morgan fingerprint density at radius 2 is 1.77 bits per heavy atom. The van der Waals surface area contributed by atoms with E-state index in [4.69, 9.17) is 14.2 Å². The lowest BCUT2D eigenvalue weighted by Crippen LogP contribution is -2.46. The molecular weight excluding hydrogens is 380 g/mol. The monoisotopic (exact) mass is 412 g/mol. The molecule has 0 unspecified atom stereocenters. The molecule has 162 valence electrons. The van der Waals surface area contributed by atoms with Crippen molar-refractivity contribution in [1.29, 1.82) is 0 Å².